The third-order valence-corrected chi connectivity index (χ3v) is 3.52. The molecule has 1 saturated heterocycles. The third kappa shape index (κ3) is 2.85. The molecule has 2 amide bonds. The molecule has 2 N–H and O–H groups in total. The second kappa shape index (κ2) is 5.37. The zero-order valence-corrected chi connectivity index (χ0v) is 9.71. The Labute approximate surface area is 93.2 Å². The fourth-order valence-electron chi connectivity index (χ4n) is 1.55. The van der Waals surface area contributed by atoms with Gasteiger partial charge in [0.25, 0.3) is 0 Å². The van der Waals surface area contributed by atoms with Crippen molar-refractivity contribution in [3.05, 3.63) is 0 Å². The molecule has 1 fully saturated rings. The quantitative estimate of drug-likeness (QED) is 0.679. The summed E-state index contributed by atoms with van der Waals surface area (Å²) in [6.45, 7) is 0.288. The van der Waals surface area contributed by atoms with E-state index in [1.807, 2.05) is 6.26 Å². The summed E-state index contributed by atoms with van der Waals surface area (Å²) in [5.41, 5.74) is 0. The number of aliphatic hydroxyl groups is 1. The van der Waals surface area contributed by atoms with Crippen LogP contribution in [0.15, 0.2) is 0 Å². The van der Waals surface area contributed by atoms with Crippen molar-refractivity contribution in [3.63, 3.8) is 0 Å². The van der Waals surface area contributed by atoms with Gasteiger partial charge in [0.1, 0.15) is 6.23 Å². The Balaban J connectivity index is 2.47. The highest BCUT2D eigenvalue weighted by atomic mass is 32.2. The SMILES string of the molecule is CNC(=O)CCN1C(=O)CC(SC)C1O. The van der Waals surface area contributed by atoms with Crippen molar-refractivity contribution >= 4 is 23.6 Å². The van der Waals surface area contributed by atoms with Crippen LogP contribution in [0, 0.1) is 0 Å². The lowest BCUT2D eigenvalue weighted by Gasteiger charge is -2.22. The van der Waals surface area contributed by atoms with Gasteiger partial charge in [0.15, 0.2) is 0 Å². The molecule has 1 aliphatic rings. The largest absolute Gasteiger partial charge is 0.372 e. The maximum absolute atomic E-state index is 11.5. The molecule has 1 aliphatic heterocycles. The van der Waals surface area contributed by atoms with Crippen LogP contribution in [0.1, 0.15) is 12.8 Å². The molecule has 1 rings (SSSR count). The first-order chi connectivity index (χ1) is 7.10. The predicted octanol–water partition coefficient (Wildman–Crippen LogP) is -0.595. The van der Waals surface area contributed by atoms with Gasteiger partial charge in [-0.15, -0.1) is 0 Å². The van der Waals surface area contributed by atoms with Crippen molar-refractivity contribution in [2.45, 2.75) is 24.3 Å². The number of hydrogen-bond donors (Lipinski definition) is 2. The number of thioether (sulfide) groups is 1. The lowest BCUT2D eigenvalue weighted by molar-refractivity contribution is -0.133. The molecule has 15 heavy (non-hydrogen) atoms. The van der Waals surface area contributed by atoms with Crippen LogP contribution in [0.25, 0.3) is 0 Å². The van der Waals surface area contributed by atoms with Crippen molar-refractivity contribution in [2.75, 3.05) is 19.8 Å². The number of nitrogens with one attached hydrogen (secondary N) is 1. The van der Waals surface area contributed by atoms with Crippen LogP contribution in [-0.2, 0) is 9.59 Å². The summed E-state index contributed by atoms with van der Waals surface area (Å²) in [5, 5.41) is 12.2. The molecule has 1 heterocycles. The highest BCUT2D eigenvalue weighted by Gasteiger charge is 2.37. The summed E-state index contributed by atoms with van der Waals surface area (Å²) < 4.78 is 0. The first-order valence-electron chi connectivity index (χ1n) is 4.81. The number of aliphatic hydroxyl groups excluding tert-OH is 1. The molecule has 0 saturated carbocycles. The van der Waals surface area contributed by atoms with E-state index in [-0.39, 0.29) is 30.0 Å². The van der Waals surface area contributed by atoms with Crippen LogP contribution in [0.4, 0.5) is 0 Å². The van der Waals surface area contributed by atoms with Gasteiger partial charge in [-0.05, 0) is 6.26 Å². The molecule has 86 valence electrons. The van der Waals surface area contributed by atoms with E-state index in [4.69, 9.17) is 0 Å². The zero-order valence-electron chi connectivity index (χ0n) is 8.90. The van der Waals surface area contributed by atoms with Crippen molar-refractivity contribution < 1.29 is 14.7 Å². The van der Waals surface area contributed by atoms with Gasteiger partial charge < -0.3 is 15.3 Å². The first kappa shape index (κ1) is 12.3. The second-order valence-electron chi connectivity index (χ2n) is 3.40. The minimum atomic E-state index is -0.753. The van der Waals surface area contributed by atoms with E-state index >= 15 is 0 Å². The summed E-state index contributed by atoms with van der Waals surface area (Å²) >= 11 is 1.47. The highest BCUT2D eigenvalue weighted by Crippen LogP contribution is 2.26. The molecular weight excluding hydrogens is 216 g/mol. The van der Waals surface area contributed by atoms with Crippen molar-refractivity contribution in [2.24, 2.45) is 0 Å². The van der Waals surface area contributed by atoms with Crippen molar-refractivity contribution in [1.29, 1.82) is 0 Å². The fourth-order valence-corrected chi connectivity index (χ4v) is 2.25. The molecule has 0 aromatic heterocycles. The zero-order chi connectivity index (χ0) is 11.4. The Kier molecular flexibility index (Phi) is 4.41. The van der Waals surface area contributed by atoms with Crippen LogP contribution in [0.3, 0.4) is 0 Å². The molecule has 5 nitrogen and oxygen atoms in total. The Bertz CT molecular complexity index is 260. The number of nitrogens with zero attached hydrogens (tertiary/aromatic N) is 1. The number of likely N-dealkylation sites (tertiary alicyclic amines) is 1. The molecule has 0 aliphatic carbocycles. The second-order valence-corrected chi connectivity index (χ2v) is 4.48. The van der Waals surface area contributed by atoms with Gasteiger partial charge in [0, 0.05) is 26.4 Å². The van der Waals surface area contributed by atoms with E-state index in [1.54, 1.807) is 7.05 Å². The molecule has 2 unspecified atom stereocenters. The topological polar surface area (TPSA) is 69.6 Å². The monoisotopic (exact) mass is 232 g/mol. The Morgan fingerprint density at radius 3 is 2.87 bits per heavy atom. The summed E-state index contributed by atoms with van der Waals surface area (Å²) in [5.74, 6) is -0.201. The summed E-state index contributed by atoms with van der Waals surface area (Å²) in [6, 6.07) is 0. The van der Waals surface area contributed by atoms with E-state index in [1.165, 1.54) is 16.7 Å². The minimum Gasteiger partial charge on any atom is -0.372 e. The normalized spacial score (nSPS) is 25.8. The van der Waals surface area contributed by atoms with E-state index in [0.29, 0.717) is 6.42 Å². The Hall–Kier alpha value is -0.750. The van der Waals surface area contributed by atoms with Crippen molar-refractivity contribution in [3.8, 4) is 0 Å². The van der Waals surface area contributed by atoms with E-state index in [2.05, 4.69) is 5.32 Å². The van der Waals surface area contributed by atoms with E-state index in [0.717, 1.165) is 0 Å². The molecule has 0 spiro atoms. The lowest BCUT2D eigenvalue weighted by atomic mass is 10.3. The maximum atomic E-state index is 11.5. The standard InChI is InChI=1S/C9H16N2O3S/c1-10-7(12)3-4-11-8(13)5-6(15-2)9(11)14/h6,9,14H,3-5H2,1-2H3,(H,10,12). The summed E-state index contributed by atoms with van der Waals surface area (Å²) in [4.78, 5) is 23.8. The van der Waals surface area contributed by atoms with Crippen molar-refractivity contribution in [1.82, 2.24) is 10.2 Å². The number of amides is 2. The third-order valence-electron chi connectivity index (χ3n) is 2.51. The van der Waals surface area contributed by atoms with Gasteiger partial charge in [-0.1, -0.05) is 0 Å². The fraction of sp³-hybridized carbons (Fsp3) is 0.778. The van der Waals surface area contributed by atoms with Gasteiger partial charge in [-0.3, -0.25) is 9.59 Å². The van der Waals surface area contributed by atoms with Gasteiger partial charge in [-0.25, -0.2) is 0 Å². The summed E-state index contributed by atoms with van der Waals surface area (Å²) in [6.07, 6.45) is 1.71. The smallest absolute Gasteiger partial charge is 0.225 e. The first-order valence-corrected chi connectivity index (χ1v) is 6.10. The molecule has 6 heteroatoms. The van der Waals surface area contributed by atoms with E-state index in [9.17, 15) is 14.7 Å². The van der Waals surface area contributed by atoms with Gasteiger partial charge in [0.05, 0.1) is 5.25 Å². The average molecular weight is 232 g/mol. The van der Waals surface area contributed by atoms with Crippen LogP contribution in [0.2, 0.25) is 0 Å². The molecule has 0 bridgehead atoms. The van der Waals surface area contributed by atoms with E-state index < -0.39 is 6.23 Å². The average Bonchev–Trinajstić information content (AvgIpc) is 2.51. The molecular formula is C9H16N2O3S. The summed E-state index contributed by atoms with van der Waals surface area (Å²) in [7, 11) is 1.55. The molecule has 0 radical (unpaired) electrons. The number of carbonyl (C=O) groups is 2. The number of hydrogen-bond acceptors (Lipinski definition) is 4. The van der Waals surface area contributed by atoms with Crippen LogP contribution in [-0.4, -0.2) is 53.1 Å². The van der Waals surface area contributed by atoms with Crippen LogP contribution >= 0.6 is 11.8 Å². The van der Waals surface area contributed by atoms with Crippen LogP contribution < -0.4 is 5.32 Å². The Morgan fingerprint density at radius 2 is 2.40 bits per heavy atom. The predicted molar refractivity (Wildman–Crippen MR) is 58.3 cm³/mol. The Morgan fingerprint density at radius 1 is 1.73 bits per heavy atom. The lowest BCUT2D eigenvalue weighted by Crippen LogP contribution is -2.38. The highest BCUT2D eigenvalue weighted by molar-refractivity contribution is 7.99. The molecule has 0 aromatic carbocycles. The van der Waals surface area contributed by atoms with Gasteiger partial charge >= 0.3 is 0 Å². The maximum Gasteiger partial charge on any atom is 0.225 e. The number of carbonyl (C=O) groups excluding carboxylic acids is 2. The minimum absolute atomic E-state index is 0.0674. The van der Waals surface area contributed by atoms with Crippen LogP contribution in [0.5, 0.6) is 0 Å². The molecule has 2 atom stereocenters. The number of rotatable bonds is 4. The molecule has 0 aromatic rings. The van der Waals surface area contributed by atoms with Gasteiger partial charge in [0.2, 0.25) is 11.8 Å². The van der Waals surface area contributed by atoms with Gasteiger partial charge in [-0.2, -0.15) is 11.8 Å².